The molecular formula is C17H22O4. The zero-order chi connectivity index (χ0) is 16.0. The highest BCUT2D eigenvalue weighted by Gasteiger charge is 2.23. The van der Waals surface area contributed by atoms with Crippen molar-refractivity contribution < 1.29 is 19.0 Å². The Balaban J connectivity index is 3.63. The van der Waals surface area contributed by atoms with Gasteiger partial charge in [-0.25, -0.2) is 0 Å². The van der Waals surface area contributed by atoms with Crippen LogP contribution in [0.2, 0.25) is 0 Å². The summed E-state index contributed by atoms with van der Waals surface area (Å²) in [5, 5.41) is 0. The van der Waals surface area contributed by atoms with Crippen LogP contribution >= 0.6 is 0 Å². The average Bonchev–Trinajstić information content (AvgIpc) is 2.50. The lowest BCUT2D eigenvalue weighted by Crippen LogP contribution is -2.07. The van der Waals surface area contributed by atoms with Crippen molar-refractivity contribution in [2.45, 2.75) is 20.3 Å². The number of benzene rings is 1. The molecule has 1 aromatic rings. The second kappa shape index (κ2) is 7.53. The van der Waals surface area contributed by atoms with Gasteiger partial charge in [0.15, 0.2) is 5.78 Å². The Morgan fingerprint density at radius 1 is 1.14 bits per heavy atom. The zero-order valence-corrected chi connectivity index (χ0v) is 13.3. The van der Waals surface area contributed by atoms with Gasteiger partial charge in [-0.3, -0.25) is 4.79 Å². The van der Waals surface area contributed by atoms with E-state index in [-0.39, 0.29) is 5.78 Å². The third kappa shape index (κ3) is 3.66. The predicted molar refractivity (Wildman–Crippen MR) is 83.8 cm³/mol. The van der Waals surface area contributed by atoms with Gasteiger partial charge >= 0.3 is 0 Å². The Labute approximate surface area is 126 Å². The third-order valence-corrected chi connectivity index (χ3v) is 3.10. The highest BCUT2D eigenvalue weighted by Crippen LogP contribution is 2.40. The van der Waals surface area contributed by atoms with E-state index in [1.54, 1.807) is 13.2 Å². The molecule has 4 heteroatoms. The number of rotatable bonds is 7. The average molecular weight is 290 g/mol. The van der Waals surface area contributed by atoms with Crippen molar-refractivity contribution >= 4 is 5.78 Å². The molecule has 0 saturated carbocycles. The summed E-state index contributed by atoms with van der Waals surface area (Å²) < 4.78 is 16.2. The van der Waals surface area contributed by atoms with E-state index in [0.29, 0.717) is 29.2 Å². The van der Waals surface area contributed by atoms with E-state index in [4.69, 9.17) is 14.2 Å². The summed E-state index contributed by atoms with van der Waals surface area (Å²) in [5.74, 6) is 1.26. The van der Waals surface area contributed by atoms with Gasteiger partial charge in [0, 0.05) is 11.6 Å². The van der Waals surface area contributed by atoms with Crippen molar-refractivity contribution in [1.29, 1.82) is 0 Å². The van der Waals surface area contributed by atoms with Gasteiger partial charge in [0.05, 0.1) is 21.3 Å². The zero-order valence-electron chi connectivity index (χ0n) is 13.3. The van der Waals surface area contributed by atoms with Crippen LogP contribution in [-0.4, -0.2) is 27.1 Å². The molecule has 0 saturated heterocycles. The van der Waals surface area contributed by atoms with Crippen molar-refractivity contribution in [3.05, 3.63) is 41.5 Å². The number of hydrogen-bond donors (Lipinski definition) is 0. The smallest absolute Gasteiger partial charge is 0.192 e. The number of carbonyl (C=O) groups excluding carboxylic acids is 1. The Hall–Kier alpha value is -2.23. The van der Waals surface area contributed by atoms with Crippen molar-refractivity contribution in [2.24, 2.45) is 0 Å². The maximum Gasteiger partial charge on any atom is 0.192 e. The Kier molecular flexibility index (Phi) is 6.03. The van der Waals surface area contributed by atoms with Crippen LogP contribution < -0.4 is 14.2 Å². The number of allylic oxidation sites excluding steroid dienone is 3. The minimum absolute atomic E-state index is 0.246. The molecular weight excluding hydrogens is 268 g/mol. The molecule has 0 aliphatic rings. The normalized spacial score (nSPS) is 9.76. The van der Waals surface area contributed by atoms with Crippen LogP contribution in [0, 0.1) is 0 Å². The van der Waals surface area contributed by atoms with E-state index in [9.17, 15) is 4.79 Å². The molecule has 0 aromatic heterocycles. The monoisotopic (exact) mass is 290 g/mol. The number of hydrogen-bond acceptors (Lipinski definition) is 4. The lowest BCUT2D eigenvalue weighted by atomic mass is 9.99. The minimum Gasteiger partial charge on any atom is -0.496 e. The summed E-state index contributed by atoms with van der Waals surface area (Å²) in [5.41, 5.74) is 2.35. The lowest BCUT2D eigenvalue weighted by Gasteiger charge is -2.18. The van der Waals surface area contributed by atoms with Gasteiger partial charge in [-0.05, 0) is 26.3 Å². The lowest BCUT2D eigenvalue weighted by molar-refractivity contribution is 0.104. The SMILES string of the molecule is C=CC(=O)c1c(OC)cc(OC)c(CC=C(C)C)c1OC. The quantitative estimate of drug-likeness (QED) is 0.437. The van der Waals surface area contributed by atoms with Gasteiger partial charge in [-0.1, -0.05) is 18.2 Å². The maximum atomic E-state index is 12.1. The molecule has 4 nitrogen and oxygen atoms in total. The summed E-state index contributed by atoms with van der Waals surface area (Å²) in [6.07, 6.45) is 3.91. The Bertz CT molecular complexity index is 567. The van der Waals surface area contributed by atoms with Crippen LogP contribution in [0.3, 0.4) is 0 Å². The first-order chi connectivity index (χ1) is 9.99. The van der Waals surface area contributed by atoms with Gasteiger partial charge in [0.2, 0.25) is 0 Å². The molecule has 0 N–H and O–H groups in total. The molecule has 21 heavy (non-hydrogen) atoms. The fraction of sp³-hybridized carbons (Fsp3) is 0.353. The van der Waals surface area contributed by atoms with Crippen LogP contribution in [0.25, 0.3) is 0 Å². The number of methoxy groups -OCH3 is 3. The molecule has 0 radical (unpaired) electrons. The summed E-state index contributed by atoms with van der Waals surface area (Å²) >= 11 is 0. The van der Waals surface area contributed by atoms with Crippen LogP contribution in [0.1, 0.15) is 29.8 Å². The fourth-order valence-electron chi connectivity index (χ4n) is 2.06. The first-order valence-electron chi connectivity index (χ1n) is 6.62. The largest absolute Gasteiger partial charge is 0.496 e. The molecule has 0 spiro atoms. The standard InChI is InChI=1S/C17H22O4/c1-7-13(18)16-15(20-5)10-14(19-4)12(17(16)21-6)9-8-11(2)3/h7-8,10H,1,9H2,2-6H3. The van der Waals surface area contributed by atoms with E-state index < -0.39 is 0 Å². The molecule has 0 bridgehead atoms. The highest BCUT2D eigenvalue weighted by atomic mass is 16.5. The molecule has 1 rings (SSSR count). The molecule has 114 valence electrons. The van der Waals surface area contributed by atoms with Crippen LogP contribution in [0.5, 0.6) is 17.2 Å². The molecule has 0 unspecified atom stereocenters. The first kappa shape index (κ1) is 16.8. The maximum absolute atomic E-state index is 12.1. The number of ether oxygens (including phenoxy) is 3. The van der Waals surface area contributed by atoms with E-state index in [0.717, 1.165) is 5.56 Å². The van der Waals surface area contributed by atoms with Crippen molar-refractivity contribution in [3.63, 3.8) is 0 Å². The summed E-state index contributed by atoms with van der Waals surface area (Å²) in [6, 6.07) is 1.70. The Morgan fingerprint density at radius 3 is 2.19 bits per heavy atom. The van der Waals surface area contributed by atoms with Crippen molar-refractivity contribution in [3.8, 4) is 17.2 Å². The number of ketones is 1. The van der Waals surface area contributed by atoms with Crippen LogP contribution in [0.4, 0.5) is 0 Å². The molecule has 0 aliphatic carbocycles. The molecule has 0 atom stereocenters. The molecule has 1 aromatic carbocycles. The van der Waals surface area contributed by atoms with Crippen molar-refractivity contribution in [1.82, 2.24) is 0 Å². The Morgan fingerprint density at radius 2 is 1.76 bits per heavy atom. The van der Waals surface area contributed by atoms with E-state index in [1.807, 2.05) is 13.8 Å². The molecule has 0 amide bonds. The van der Waals surface area contributed by atoms with E-state index >= 15 is 0 Å². The fourth-order valence-corrected chi connectivity index (χ4v) is 2.06. The van der Waals surface area contributed by atoms with Gasteiger partial charge in [0.1, 0.15) is 22.8 Å². The summed E-state index contributed by atoms with van der Waals surface area (Å²) in [4.78, 5) is 12.1. The molecule has 0 heterocycles. The van der Waals surface area contributed by atoms with Gasteiger partial charge in [-0.15, -0.1) is 0 Å². The van der Waals surface area contributed by atoms with E-state index in [2.05, 4.69) is 12.7 Å². The summed E-state index contributed by atoms with van der Waals surface area (Å²) in [7, 11) is 4.61. The molecule has 0 aliphatic heterocycles. The predicted octanol–water partition coefficient (Wildman–Crippen LogP) is 3.59. The number of carbonyl (C=O) groups is 1. The van der Waals surface area contributed by atoms with Crippen LogP contribution in [0.15, 0.2) is 30.4 Å². The highest BCUT2D eigenvalue weighted by molar-refractivity contribution is 6.09. The van der Waals surface area contributed by atoms with Gasteiger partial charge in [0.25, 0.3) is 0 Å². The second-order valence-electron chi connectivity index (χ2n) is 4.72. The summed E-state index contributed by atoms with van der Waals surface area (Å²) in [6.45, 7) is 7.55. The van der Waals surface area contributed by atoms with Crippen LogP contribution in [-0.2, 0) is 6.42 Å². The first-order valence-corrected chi connectivity index (χ1v) is 6.62. The van der Waals surface area contributed by atoms with Gasteiger partial charge < -0.3 is 14.2 Å². The minimum atomic E-state index is -0.246. The molecule has 0 fully saturated rings. The van der Waals surface area contributed by atoms with Gasteiger partial charge in [-0.2, -0.15) is 0 Å². The topological polar surface area (TPSA) is 44.8 Å². The van der Waals surface area contributed by atoms with Crippen molar-refractivity contribution in [2.75, 3.05) is 21.3 Å². The van der Waals surface area contributed by atoms with E-state index in [1.165, 1.54) is 25.9 Å². The second-order valence-corrected chi connectivity index (χ2v) is 4.72. The third-order valence-electron chi connectivity index (χ3n) is 3.10.